The van der Waals surface area contributed by atoms with Gasteiger partial charge in [0.05, 0.1) is 7.45 Å². The maximum atomic E-state index is 8.83. The van der Waals surface area contributed by atoms with E-state index in [1.54, 1.807) is 0 Å². The van der Waals surface area contributed by atoms with Crippen molar-refractivity contribution >= 4 is 0 Å². The molecule has 1 unspecified atom stereocenters. The molecule has 1 rings (SSSR count). The first-order valence-corrected chi connectivity index (χ1v) is 1.43. The van der Waals surface area contributed by atoms with Crippen LogP contribution in [0.3, 0.4) is 0 Å². The Morgan fingerprint density at radius 1 is 2.20 bits per heavy atom. The SMILES string of the molecule is [2H]C1([2H])CC([2H])(O)C1([2H])[2H]. The summed E-state index contributed by atoms with van der Waals surface area (Å²) in [5, 5.41) is 8.83. The Morgan fingerprint density at radius 3 is 3.00 bits per heavy atom. The van der Waals surface area contributed by atoms with Crippen molar-refractivity contribution in [2.45, 2.75) is 25.2 Å². The molecular formula is C4H8O. The molecule has 1 fully saturated rings. The Hall–Kier alpha value is -0.0400. The van der Waals surface area contributed by atoms with Crippen molar-refractivity contribution in [1.82, 2.24) is 0 Å². The molecule has 0 bridgehead atoms. The number of hydrogen-bond donors (Lipinski definition) is 1. The van der Waals surface area contributed by atoms with Crippen molar-refractivity contribution in [3.8, 4) is 0 Å². The van der Waals surface area contributed by atoms with Crippen LogP contribution >= 0.6 is 0 Å². The number of hydrogen-bond acceptors (Lipinski definition) is 1. The highest BCUT2D eigenvalue weighted by Gasteiger charge is 2.11. The molecule has 1 nitrogen and oxygen atoms in total. The van der Waals surface area contributed by atoms with Crippen molar-refractivity contribution in [3.05, 3.63) is 0 Å². The fourth-order valence-corrected chi connectivity index (χ4v) is 0.167. The summed E-state index contributed by atoms with van der Waals surface area (Å²) in [5.41, 5.74) is 0. The van der Waals surface area contributed by atoms with Crippen LogP contribution in [-0.2, 0) is 0 Å². The molecule has 0 amide bonds. The molecule has 0 spiro atoms. The summed E-state index contributed by atoms with van der Waals surface area (Å²) in [6.07, 6.45) is -7.17. The maximum absolute atomic E-state index is 8.83. The van der Waals surface area contributed by atoms with Gasteiger partial charge < -0.3 is 5.11 Å². The average molecular weight is 77.1 g/mol. The Bertz CT molecular complexity index is 147. The van der Waals surface area contributed by atoms with Crippen LogP contribution in [0.5, 0.6) is 0 Å². The van der Waals surface area contributed by atoms with Crippen LogP contribution in [0.2, 0.25) is 0 Å². The van der Waals surface area contributed by atoms with Crippen LogP contribution in [0.1, 0.15) is 26.0 Å². The van der Waals surface area contributed by atoms with Crippen LogP contribution in [0, 0.1) is 0 Å². The lowest BCUT2D eigenvalue weighted by Gasteiger charge is -2.17. The molecule has 30 valence electrons. The highest BCUT2D eigenvalue weighted by molar-refractivity contribution is 4.65. The third-order valence-electron chi connectivity index (χ3n) is 0.489. The largest absolute Gasteiger partial charge is 0.393 e. The van der Waals surface area contributed by atoms with E-state index in [0.29, 0.717) is 0 Å². The van der Waals surface area contributed by atoms with E-state index in [1.807, 2.05) is 0 Å². The highest BCUT2D eigenvalue weighted by atomic mass is 16.3. The monoisotopic (exact) mass is 77.1 g/mol. The summed E-state index contributed by atoms with van der Waals surface area (Å²) in [6.45, 7) is 0. The van der Waals surface area contributed by atoms with E-state index in [9.17, 15) is 0 Å². The summed E-state index contributed by atoms with van der Waals surface area (Å²) in [5.74, 6) is 0. The number of rotatable bonds is 0. The summed E-state index contributed by atoms with van der Waals surface area (Å²) in [4.78, 5) is 0. The topological polar surface area (TPSA) is 20.2 Å². The van der Waals surface area contributed by atoms with Gasteiger partial charge in [-0.3, -0.25) is 0 Å². The quantitative estimate of drug-likeness (QED) is 0.447. The standard InChI is InChI=1S/C4H8O/c5-4-2-1-3-4/h4-5H,1-3H2/i1D2,2D2,4D. The lowest BCUT2D eigenvalue weighted by molar-refractivity contribution is 0.0950. The van der Waals surface area contributed by atoms with Gasteiger partial charge in [0, 0.05) is 5.48 Å². The predicted molar refractivity (Wildman–Crippen MR) is 19.9 cm³/mol. The van der Waals surface area contributed by atoms with Crippen molar-refractivity contribution in [3.63, 3.8) is 0 Å². The zero-order valence-electron chi connectivity index (χ0n) is 7.65. The van der Waals surface area contributed by atoms with Gasteiger partial charge in [0.2, 0.25) is 0 Å². The van der Waals surface area contributed by atoms with Crippen LogP contribution < -0.4 is 0 Å². The second-order valence-corrected chi connectivity index (χ2v) is 0.925. The fourth-order valence-electron chi connectivity index (χ4n) is 0.167. The van der Waals surface area contributed by atoms with Gasteiger partial charge in [-0.25, -0.2) is 0 Å². The Balaban J connectivity index is 2.85. The minimum absolute atomic E-state index is 0.451. The Labute approximate surface area is 38.6 Å². The molecule has 0 aliphatic heterocycles. The third kappa shape index (κ3) is 0.428. The fraction of sp³-hybridized carbons (Fsp3) is 1.00. The third-order valence-corrected chi connectivity index (χ3v) is 0.489. The van der Waals surface area contributed by atoms with Gasteiger partial charge in [0.1, 0.15) is 0 Å². The van der Waals surface area contributed by atoms with Crippen LogP contribution in [0.25, 0.3) is 0 Å². The van der Waals surface area contributed by atoms with Crippen molar-refractivity contribution < 1.29 is 12.0 Å². The molecule has 1 N–H and O–H groups in total. The van der Waals surface area contributed by atoms with Gasteiger partial charge in [0.15, 0.2) is 0 Å². The summed E-state index contributed by atoms with van der Waals surface area (Å²) < 4.78 is 34.6. The van der Waals surface area contributed by atoms with E-state index in [-0.39, 0.29) is 0 Å². The van der Waals surface area contributed by atoms with Crippen molar-refractivity contribution in [2.75, 3.05) is 0 Å². The summed E-state index contributed by atoms with van der Waals surface area (Å²) in [7, 11) is 0. The smallest absolute Gasteiger partial charge is 0.0600 e. The molecule has 0 aromatic heterocycles. The van der Waals surface area contributed by atoms with E-state index in [0.717, 1.165) is 0 Å². The van der Waals surface area contributed by atoms with Crippen LogP contribution in [-0.4, -0.2) is 11.2 Å². The van der Waals surface area contributed by atoms with Gasteiger partial charge in [-0.1, -0.05) is 0 Å². The van der Waals surface area contributed by atoms with Crippen LogP contribution in [0.15, 0.2) is 0 Å². The normalized spacial score (nSPS) is 86.2. The molecule has 0 saturated heterocycles. The van der Waals surface area contributed by atoms with Crippen molar-refractivity contribution in [2.24, 2.45) is 0 Å². The molecule has 0 heterocycles. The second kappa shape index (κ2) is 0.977. The first-order chi connectivity index (χ1) is 4.21. The van der Waals surface area contributed by atoms with Gasteiger partial charge in [-0.2, -0.15) is 0 Å². The van der Waals surface area contributed by atoms with Gasteiger partial charge in [0.25, 0.3) is 0 Å². The summed E-state index contributed by atoms with van der Waals surface area (Å²) >= 11 is 0. The Kier molecular flexibility index (Phi) is 0.153. The summed E-state index contributed by atoms with van der Waals surface area (Å²) in [6, 6.07) is 0. The van der Waals surface area contributed by atoms with E-state index in [4.69, 9.17) is 12.0 Å². The molecule has 1 aliphatic carbocycles. The van der Waals surface area contributed by atoms with Gasteiger partial charge in [-0.15, -0.1) is 0 Å². The van der Waals surface area contributed by atoms with Crippen molar-refractivity contribution in [1.29, 1.82) is 0 Å². The minimum Gasteiger partial charge on any atom is -0.393 e. The lowest BCUT2D eigenvalue weighted by atomic mass is 9.97. The number of aliphatic hydroxyl groups is 1. The molecule has 0 aromatic carbocycles. The predicted octanol–water partition coefficient (Wildman–Crippen LogP) is 0.531. The molecular weight excluding hydrogens is 64.0 g/mol. The average Bonchev–Trinajstić information content (AvgIpc) is 1.61. The van der Waals surface area contributed by atoms with Gasteiger partial charge in [-0.05, 0) is 19.2 Å². The zero-order chi connectivity index (χ0) is 8.21. The molecule has 1 aliphatic rings. The molecule has 0 aromatic rings. The van der Waals surface area contributed by atoms with E-state index < -0.39 is 25.2 Å². The van der Waals surface area contributed by atoms with Gasteiger partial charge >= 0.3 is 0 Å². The molecule has 5 heavy (non-hydrogen) atoms. The zero-order valence-corrected chi connectivity index (χ0v) is 2.65. The molecule has 0 radical (unpaired) electrons. The Morgan fingerprint density at radius 2 is 3.00 bits per heavy atom. The highest BCUT2D eigenvalue weighted by Crippen LogP contribution is 2.16. The first-order valence-electron chi connectivity index (χ1n) is 3.93. The first kappa shape index (κ1) is 0.784. The second-order valence-electron chi connectivity index (χ2n) is 0.925. The van der Waals surface area contributed by atoms with E-state index in [2.05, 4.69) is 0 Å². The van der Waals surface area contributed by atoms with E-state index in [1.165, 1.54) is 0 Å². The van der Waals surface area contributed by atoms with E-state index >= 15 is 0 Å². The molecule has 1 saturated carbocycles. The molecule has 1 heteroatoms. The minimum atomic E-state index is -2.43. The molecule has 1 atom stereocenters. The van der Waals surface area contributed by atoms with Crippen LogP contribution in [0.4, 0.5) is 0 Å². The maximum Gasteiger partial charge on any atom is 0.0600 e. The lowest BCUT2D eigenvalue weighted by Crippen LogP contribution is -2.15.